The van der Waals surface area contributed by atoms with Crippen molar-refractivity contribution in [1.82, 2.24) is 5.32 Å². The number of carboxylic acids is 1. The van der Waals surface area contributed by atoms with Crippen LogP contribution in [0.5, 0.6) is 0 Å². The molecule has 2 rings (SSSR count). The Morgan fingerprint density at radius 3 is 2.43 bits per heavy atom. The van der Waals surface area contributed by atoms with Crippen LogP contribution in [0.1, 0.15) is 27.5 Å². The van der Waals surface area contributed by atoms with Gasteiger partial charge in [0.25, 0.3) is 5.91 Å². The maximum absolute atomic E-state index is 12.3. The summed E-state index contributed by atoms with van der Waals surface area (Å²) in [7, 11) is 0. The number of hydrogen-bond acceptors (Lipinski definition) is 2. The molecule has 4 nitrogen and oxygen atoms in total. The van der Waals surface area contributed by atoms with E-state index < -0.39 is 17.9 Å². The number of aryl methyl sites for hydroxylation is 1. The quantitative estimate of drug-likeness (QED) is 0.891. The topological polar surface area (TPSA) is 66.4 Å². The molecular weight excluding hydrogens is 334 g/mol. The normalized spacial score (nSPS) is 11.7. The molecule has 0 aliphatic rings. The maximum atomic E-state index is 12.3. The first-order chi connectivity index (χ1) is 9.99. The van der Waals surface area contributed by atoms with Gasteiger partial charge in [-0.05, 0) is 30.2 Å². The van der Waals surface area contributed by atoms with Gasteiger partial charge in [0.05, 0.1) is 0 Å². The molecule has 0 aliphatic heterocycles. The van der Waals surface area contributed by atoms with Crippen LogP contribution in [0.3, 0.4) is 0 Å². The largest absolute Gasteiger partial charge is 0.479 e. The molecule has 0 fully saturated rings. The van der Waals surface area contributed by atoms with E-state index in [1.807, 2.05) is 6.07 Å². The number of rotatable bonds is 4. The van der Waals surface area contributed by atoms with Crippen LogP contribution in [0.4, 0.5) is 0 Å². The number of benzene rings is 2. The molecule has 0 saturated heterocycles. The van der Waals surface area contributed by atoms with Gasteiger partial charge < -0.3 is 10.4 Å². The average Bonchev–Trinajstić information content (AvgIpc) is 2.47. The predicted octanol–water partition coefficient (Wildman–Crippen LogP) is 3.31. The molecule has 5 heteroatoms. The van der Waals surface area contributed by atoms with Crippen LogP contribution in [0.2, 0.25) is 0 Å². The average molecular weight is 348 g/mol. The fourth-order valence-corrected chi connectivity index (χ4v) is 2.34. The molecule has 0 saturated carbocycles. The Morgan fingerprint density at radius 2 is 1.81 bits per heavy atom. The van der Waals surface area contributed by atoms with Crippen LogP contribution in [-0.4, -0.2) is 17.0 Å². The number of amides is 1. The van der Waals surface area contributed by atoms with E-state index >= 15 is 0 Å². The lowest BCUT2D eigenvalue weighted by Crippen LogP contribution is -2.34. The highest BCUT2D eigenvalue weighted by Crippen LogP contribution is 2.18. The molecule has 108 valence electrons. The van der Waals surface area contributed by atoms with Crippen molar-refractivity contribution in [3.05, 3.63) is 69.7 Å². The van der Waals surface area contributed by atoms with E-state index in [-0.39, 0.29) is 0 Å². The molecule has 2 aromatic carbocycles. The minimum atomic E-state index is -1.10. The second kappa shape index (κ2) is 6.54. The Labute approximate surface area is 130 Å². The maximum Gasteiger partial charge on any atom is 0.330 e. The number of nitrogens with one attached hydrogen (secondary N) is 1. The fourth-order valence-electron chi connectivity index (χ4n) is 1.98. The van der Waals surface area contributed by atoms with E-state index in [0.29, 0.717) is 11.1 Å². The summed E-state index contributed by atoms with van der Waals surface area (Å²) >= 11 is 3.31. The minimum absolute atomic E-state index is 0.412. The van der Waals surface area contributed by atoms with Crippen molar-refractivity contribution in [2.24, 2.45) is 0 Å². The summed E-state index contributed by atoms with van der Waals surface area (Å²) in [4.78, 5) is 23.7. The molecule has 0 radical (unpaired) electrons. The Bertz CT molecular complexity index is 670. The third-order valence-electron chi connectivity index (χ3n) is 3.10. The molecule has 0 aromatic heterocycles. The van der Waals surface area contributed by atoms with Gasteiger partial charge in [-0.25, -0.2) is 4.79 Å². The molecule has 21 heavy (non-hydrogen) atoms. The molecule has 2 N–H and O–H groups in total. The van der Waals surface area contributed by atoms with Gasteiger partial charge in [0.1, 0.15) is 0 Å². The van der Waals surface area contributed by atoms with Crippen molar-refractivity contribution in [2.45, 2.75) is 13.0 Å². The molecule has 2 aromatic rings. The van der Waals surface area contributed by atoms with Gasteiger partial charge in [0.2, 0.25) is 0 Å². The highest BCUT2D eigenvalue weighted by atomic mass is 79.9. The second-order valence-electron chi connectivity index (χ2n) is 4.61. The van der Waals surface area contributed by atoms with Crippen molar-refractivity contribution in [2.75, 3.05) is 0 Å². The van der Waals surface area contributed by atoms with Gasteiger partial charge in [-0.15, -0.1) is 0 Å². The minimum Gasteiger partial charge on any atom is -0.479 e. The number of carboxylic acid groups (broad SMARTS) is 1. The molecule has 1 atom stereocenters. The number of carbonyl (C=O) groups excluding carboxylic acids is 1. The summed E-state index contributed by atoms with van der Waals surface area (Å²) < 4.78 is 0.768. The zero-order chi connectivity index (χ0) is 15.4. The first-order valence-corrected chi connectivity index (χ1v) is 7.13. The van der Waals surface area contributed by atoms with E-state index in [0.717, 1.165) is 10.0 Å². The predicted molar refractivity (Wildman–Crippen MR) is 83.2 cm³/mol. The smallest absolute Gasteiger partial charge is 0.330 e. The fraction of sp³-hybridized carbons (Fsp3) is 0.125. The van der Waals surface area contributed by atoms with Gasteiger partial charge >= 0.3 is 5.97 Å². The van der Waals surface area contributed by atoms with E-state index in [4.69, 9.17) is 0 Å². The molecule has 0 spiro atoms. The summed E-state index contributed by atoms with van der Waals surface area (Å²) in [5.74, 6) is -1.51. The van der Waals surface area contributed by atoms with Crippen molar-refractivity contribution >= 4 is 27.8 Å². The molecule has 0 aliphatic carbocycles. The van der Waals surface area contributed by atoms with Crippen LogP contribution >= 0.6 is 15.9 Å². The Hall–Kier alpha value is -2.14. The summed E-state index contributed by atoms with van der Waals surface area (Å²) in [5.41, 5.74) is 1.77. The first-order valence-electron chi connectivity index (χ1n) is 6.34. The number of aliphatic carboxylic acids is 1. The Balaban J connectivity index is 2.27. The molecule has 1 amide bonds. The van der Waals surface area contributed by atoms with Crippen molar-refractivity contribution in [1.29, 1.82) is 0 Å². The molecule has 1 unspecified atom stereocenters. The van der Waals surface area contributed by atoms with Crippen LogP contribution in [0.15, 0.2) is 53.0 Å². The zero-order valence-corrected chi connectivity index (χ0v) is 12.9. The van der Waals surface area contributed by atoms with E-state index in [1.54, 1.807) is 49.4 Å². The van der Waals surface area contributed by atoms with E-state index in [1.165, 1.54) is 0 Å². The lowest BCUT2D eigenvalue weighted by Gasteiger charge is -2.16. The number of hydrogen-bond donors (Lipinski definition) is 2. The summed E-state index contributed by atoms with van der Waals surface area (Å²) in [6.07, 6.45) is 0. The highest BCUT2D eigenvalue weighted by Gasteiger charge is 2.23. The number of carbonyl (C=O) groups is 2. The standard InChI is InChI=1S/C16H14BrNO3/c1-10-7-8-12(17)9-13(10)15(19)18-14(16(20)21)11-5-3-2-4-6-11/h2-9,14H,1H3,(H,18,19)(H,20,21). The van der Waals surface area contributed by atoms with Gasteiger partial charge in [0, 0.05) is 10.0 Å². The lowest BCUT2D eigenvalue weighted by molar-refractivity contribution is -0.139. The number of halogens is 1. The van der Waals surface area contributed by atoms with Crippen LogP contribution in [0.25, 0.3) is 0 Å². The molecule has 0 bridgehead atoms. The Kier molecular flexibility index (Phi) is 4.75. The van der Waals surface area contributed by atoms with Gasteiger partial charge in [-0.1, -0.05) is 52.3 Å². The van der Waals surface area contributed by atoms with E-state index in [2.05, 4.69) is 21.2 Å². The van der Waals surface area contributed by atoms with Crippen LogP contribution < -0.4 is 5.32 Å². The SMILES string of the molecule is Cc1ccc(Br)cc1C(=O)NC(C(=O)O)c1ccccc1. The van der Waals surface area contributed by atoms with Gasteiger partial charge in [0.15, 0.2) is 6.04 Å². The van der Waals surface area contributed by atoms with Crippen molar-refractivity contribution in [3.8, 4) is 0 Å². The van der Waals surface area contributed by atoms with Crippen molar-refractivity contribution < 1.29 is 14.7 Å². The highest BCUT2D eigenvalue weighted by molar-refractivity contribution is 9.10. The zero-order valence-electron chi connectivity index (χ0n) is 11.3. The van der Waals surface area contributed by atoms with E-state index in [9.17, 15) is 14.7 Å². The van der Waals surface area contributed by atoms with Crippen molar-refractivity contribution in [3.63, 3.8) is 0 Å². The molecular formula is C16H14BrNO3. The summed E-state index contributed by atoms with van der Waals surface area (Å²) in [6.45, 7) is 1.81. The third-order valence-corrected chi connectivity index (χ3v) is 3.59. The van der Waals surface area contributed by atoms with Gasteiger partial charge in [-0.2, -0.15) is 0 Å². The Morgan fingerprint density at radius 1 is 1.14 bits per heavy atom. The monoisotopic (exact) mass is 347 g/mol. The van der Waals surface area contributed by atoms with Gasteiger partial charge in [-0.3, -0.25) is 4.79 Å². The second-order valence-corrected chi connectivity index (χ2v) is 5.53. The summed E-state index contributed by atoms with van der Waals surface area (Å²) in [6, 6.07) is 12.9. The van der Waals surface area contributed by atoms with Crippen LogP contribution in [-0.2, 0) is 4.79 Å². The summed E-state index contributed by atoms with van der Waals surface area (Å²) in [5, 5.41) is 11.9. The first kappa shape index (κ1) is 15.3. The molecule has 0 heterocycles. The lowest BCUT2D eigenvalue weighted by atomic mass is 10.0. The van der Waals surface area contributed by atoms with Crippen LogP contribution in [0, 0.1) is 6.92 Å². The third kappa shape index (κ3) is 3.70.